The lowest BCUT2D eigenvalue weighted by atomic mass is 9.53. The van der Waals surface area contributed by atoms with Gasteiger partial charge in [-0.3, -0.25) is 0 Å². The van der Waals surface area contributed by atoms with Gasteiger partial charge in [0.2, 0.25) is 5.95 Å². The van der Waals surface area contributed by atoms with E-state index in [4.69, 9.17) is 9.97 Å². The zero-order chi connectivity index (χ0) is 18.7. The molecule has 1 N–H and O–H groups in total. The van der Waals surface area contributed by atoms with Crippen molar-refractivity contribution in [1.82, 2.24) is 9.97 Å². The number of anilines is 1. The van der Waals surface area contributed by atoms with E-state index in [-0.39, 0.29) is 5.54 Å². The third-order valence-electron chi connectivity index (χ3n) is 7.31. The van der Waals surface area contributed by atoms with Gasteiger partial charge in [-0.25, -0.2) is 9.97 Å². The summed E-state index contributed by atoms with van der Waals surface area (Å²) in [5, 5.41) is 5.02. The molecule has 0 amide bonds. The average Bonchev–Trinajstić information content (AvgIpc) is 2.67. The number of aromatic nitrogens is 2. The molecule has 0 atom stereocenters. The van der Waals surface area contributed by atoms with Crippen LogP contribution in [-0.4, -0.2) is 15.5 Å². The summed E-state index contributed by atoms with van der Waals surface area (Å²) >= 11 is 0. The van der Waals surface area contributed by atoms with Crippen LogP contribution in [0.15, 0.2) is 48.5 Å². The minimum Gasteiger partial charge on any atom is -0.349 e. The number of rotatable bonds is 3. The highest BCUT2D eigenvalue weighted by molar-refractivity contribution is 5.93. The van der Waals surface area contributed by atoms with Gasteiger partial charge in [-0.1, -0.05) is 42.0 Å². The molecule has 0 spiro atoms. The Hall–Kier alpha value is -2.42. The quantitative estimate of drug-likeness (QED) is 0.616. The summed E-state index contributed by atoms with van der Waals surface area (Å²) < 4.78 is 0. The fraction of sp³-hybridized carbons (Fsp3) is 0.440. The van der Waals surface area contributed by atoms with Crippen molar-refractivity contribution in [2.24, 2.45) is 17.8 Å². The van der Waals surface area contributed by atoms with Gasteiger partial charge in [0.15, 0.2) is 0 Å². The molecule has 0 unspecified atom stereocenters. The summed E-state index contributed by atoms with van der Waals surface area (Å²) in [6.45, 7) is 2.13. The van der Waals surface area contributed by atoms with Crippen molar-refractivity contribution in [3.8, 4) is 11.3 Å². The molecule has 3 heteroatoms. The third kappa shape index (κ3) is 2.71. The largest absolute Gasteiger partial charge is 0.349 e. The van der Waals surface area contributed by atoms with E-state index in [1.807, 2.05) is 0 Å². The predicted molar refractivity (Wildman–Crippen MR) is 114 cm³/mol. The Kier molecular flexibility index (Phi) is 3.56. The molecule has 3 nitrogen and oxygen atoms in total. The molecule has 4 aliphatic rings. The van der Waals surface area contributed by atoms with Gasteiger partial charge in [0.25, 0.3) is 0 Å². The first-order valence-corrected chi connectivity index (χ1v) is 10.8. The second-order valence-electron chi connectivity index (χ2n) is 9.61. The van der Waals surface area contributed by atoms with Gasteiger partial charge < -0.3 is 5.32 Å². The molecule has 0 aliphatic heterocycles. The van der Waals surface area contributed by atoms with E-state index in [0.29, 0.717) is 0 Å². The van der Waals surface area contributed by atoms with E-state index >= 15 is 0 Å². The fourth-order valence-electron chi connectivity index (χ4n) is 6.62. The second kappa shape index (κ2) is 6.04. The van der Waals surface area contributed by atoms with Crippen LogP contribution >= 0.6 is 0 Å². The maximum absolute atomic E-state index is 5.07. The topological polar surface area (TPSA) is 37.8 Å². The normalized spacial score (nSPS) is 30.7. The SMILES string of the molecule is Cc1ccc2nc(NC34CC5CC(CC(C5)C3)C4)nc(-c3ccccc3)c2c1. The van der Waals surface area contributed by atoms with E-state index in [1.54, 1.807) is 0 Å². The van der Waals surface area contributed by atoms with Gasteiger partial charge in [0.05, 0.1) is 11.2 Å². The highest BCUT2D eigenvalue weighted by atomic mass is 15.2. The average molecular weight is 370 g/mol. The summed E-state index contributed by atoms with van der Waals surface area (Å²) in [5.74, 6) is 3.55. The molecule has 142 valence electrons. The van der Waals surface area contributed by atoms with Crippen LogP contribution in [0.2, 0.25) is 0 Å². The van der Waals surface area contributed by atoms with Gasteiger partial charge in [-0.2, -0.15) is 0 Å². The van der Waals surface area contributed by atoms with E-state index < -0.39 is 0 Å². The Morgan fingerprint density at radius 1 is 0.857 bits per heavy atom. The zero-order valence-corrected chi connectivity index (χ0v) is 16.5. The number of nitrogens with one attached hydrogen (secondary N) is 1. The second-order valence-corrected chi connectivity index (χ2v) is 9.61. The predicted octanol–water partition coefficient (Wildman–Crippen LogP) is 5.99. The molecule has 2 aromatic carbocycles. The van der Waals surface area contributed by atoms with Crippen LogP contribution in [0.3, 0.4) is 0 Å². The molecule has 4 aliphatic carbocycles. The Labute approximate surface area is 166 Å². The van der Waals surface area contributed by atoms with Crippen molar-refractivity contribution in [3.63, 3.8) is 0 Å². The first-order chi connectivity index (χ1) is 13.7. The van der Waals surface area contributed by atoms with E-state index in [2.05, 4.69) is 60.8 Å². The fourth-order valence-corrected chi connectivity index (χ4v) is 6.62. The molecule has 4 saturated carbocycles. The number of fused-ring (bicyclic) bond motifs is 1. The third-order valence-corrected chi connectivity index (χ3v) is 7.31. The van der Waals surface area contributed by atoms with Gasteiger partial charge in [-0.15, -0.1) is 0 Å². The number of hydrogen-bond acceptors (Lipinski definition) is 3. The van der Waals surface area contributed by atoms with Crippen molar-refractivity contribution in [3.05, 3.63) is 54.1 Å². The molecule has 4 bridgehead atoms. The molecule has 4 fully saturated rings. The van der Waals surface area contributed by atoms with Gasteiger partial charge in [-0.05, 0) is 75.3 Å². The molecule has 7 rings (SSSR count). The monoisotopic (exact) mass is 369 g/mol. The number of aryl methyl sites for hydroxylation is 1. The van der Waals surface area contributed by atoms with Crippen molar-refractivity contribution in [2.45, 2.75) is 51.0 Å². The number of benzene rings is 2. The molecule has 0 saturated heterocycles. The van der Waals surface area contributed by atoms with Crippen LogP contribution in [0.4, 0.5) is 5.95 Å². The Bertz CT molecular complexity index is 1010. The Morgan fingerprint density at radius 2 is 1.54 bits per heavy atom. The molecule has 0 radical (unpaired) electrons. The van der Waals surface area contributed by atoms with Gasteiger partial charge in [0, 0.05) is 16.5 Å². The molecular weight excluding hydrogens is 342 g/mol. The van der Waals surface area contributed by atoms with Crippen molar-refractivity contribution >= 4 is 16.9 Å². The lowest BCUT2D eigenvalue weighted by molar-refractivity contribution is 0.0104. The Balaban J connectivity index is 1.45. The zero-order valence-electron chi connectivity index (χ0n) is 16.5. The lowest BCUT2D eigenvalue weighted by Gasteiger charge is -2.56. The summed E-state index contributed by atoms with van der Waals surface area (Å²) in [6.07, 6.45) is 8.26. The van der Waals surface area contributed by atoms with Crippen LogP contribution in [0.5, 0.6) is 0 Å². The first-order valence-electron chi connectivity index (χ1n) is 10.8. The summed E-state index contributed by atoms with van der Waals surface area (Å²) in [5.41, 5.74) is 4.71. The minimum atomic E-state index is 0.223. The standard InChI is InChI=1S/C25H27N3/c1-16-7-8-22-21(9-16)23(20-5-3-2-4-6-20)27-24(26-22)28-25-13-17-10-18(14-25)12-19(11-17)15-25/h2-9,17-19H,10-15H2,1H3,(H,26,27,28). The van der Waals surface area contributed by atoms with Gasteiger partial charge in [0.1, 0.15) is 0 Å². The van der Waals surface area contributed by atoms with Crippen LogP contribution in [0, 0.1) is 24.7 Å². The summed E-state index contributed by atoms with van der Waals surface area (Å²) in [7, 11) is 0. The summed E-state index contributed by atoms with van der Waals surface area (Å²) in [6, 6.07) is 17.1. The first kappa shape index (κ1) is 16.5. The maximum atomic E-state index is 5.07. The maximum Gasteiger partial charge on any atom is 0.224 e. The lowest BCUT2D eigenvalue weighted by Crippen LogP contribution is -2.55. The molecule has 1 aromatic heterocycles. The molecular formula is C25H27N3. The van der Waals surface area contributed by atoms with Gasteiger partial charge >= 0.3 is 0 Å². The van der Waals surface area contributed by atoms with Crippen LogP contribution in [0.25, 0.3) is 22.2 Å². The highest BCUT2D eigenvalue weighted by Gasteiger charge is 2.51. The highest BCUT2D eigenvalue weighted by Crippen LogP contribution is 2.56. The van der Waals surface area contributed by atoms with E-state index in [0.717, 1.165) is 45.9 Å². The molecule has 1 heterocycles. The number of hydrogen-bond donors (Lipinski definition) is 1. The van der Waals surface area contributed by atoms with Crippen molar-refractivity contribution in [1.29, 1.82) is 0 Å². The molecule has 3 aromatic rings. The van der Waals surface area contributed by atoms with Crippen molar-refractivity contribution in [2.75, 3.05) is 5.32 Å². The van der Waals surface area contributed by atoms with Crippen molar-refractivity contribution < 1.29 is 0 Å². The number of nitrogens with zero attached hydrogens (tertiary/aromatic N) is 2. The van der Waals surface area contributed by atoms with E-state index in [9.17, 15) is 0 Å². The summed E-state index contributed by atoms with van der Waals surface area (Å²) in [4.78, 5) is 10.0. The smallest absolute Gasteiger partial charge is 0.224 e. The Morgan fingerprint density at radius 3 is 2.21 bits per heavy atom. The van der Waals surface area contributed by atoms with E-state index in [1.165, 1.54) is 44.1 Å². The van der Waals surface area contributed by atoms with Crippen LogP contribution in [-0.2, 0) is 0 Å². The minimum absolute atomic E-state index is 0.223. The van der Waals surface area contributed by atoms with Crippen LogP contribution in [0.1, 0.15) is 44.1 Å². The molecule has 28 heavy (non-hydrogen) atoms. The van der Waals surface area contributed by atoms with Crippen LogP contribution < -0.4 is 5.32 Å².